The minimum Gasteiger partial charge on any atom is -0.388 e. The van der Waals surface area contributed by atoms with Gasteiger partial charge in [0.1, 0.15) is 12.2 Å². The molecule has 0 amide bonds. The number of aliphatic hydroxyl groups is 2. The number of benzene rings is 2. The van der Waals surface area contributed by atoms with E-state index in [0.717, 1.165) is 11.1 Å². The van der Waals surface area contributed by atoms with Crippen LogP contribution in [0.4, 0.5) is 0 Å². The molecule has 0 bridgehead atoms. The molecule has 1 fully saturated rings. The fraction of sp³-hybridized carbons (Fsp3) is 0.400. The fourth-order valence-electron chi connectivity index (χ4n) is 2.83. The molecule has 1 aliphatic rings. The van der Waals surface area contributed by atoms with Crippen LogP contribution < -0.4 is 0 Å². The molecule has 25 heavy (non-hydrogen) atoms. The molecular weight excluding hydrogens is 320 g/mol. The summed E-state index contributed by atoms with van der Waals surface area (Å²) in [5.74, 6) is 0. The van der Waals surface area contributed by atoms with E-state index in [9.17, 15) is 10.2 Å². The lowest BCUT2D eigenvalue weighted by atomic mass is 10.1. The molecule has 2 aromatic rings. The molecule has 1 aliphatic heterocycles. The Morgan fingerprint density at radius 1 is 0.920 bits per heavy atom. The van der Waals surface area contributed by atoms with E-state index in [-0.39, 0.29) is 6.10 Å². The monoisotopic (exact) mass is 344 g/mol. The average Bonchev–Trinajstić information content (AvgIpc) is 2.98. The van der Waals surface area contributed by atoms with E-state index in [1.54, 1.807) is 0 Å². The minimum absolute atomic E-state index is 0.325. The first kappa shape index (κ1) is 18.0. The van der Waals surface area contributed by atoms with Crippen LogP contribution in [0.5, 0.6) is 0 Å². The maximum Gasteiger partial charge on any atom is 0.181 e. The highest BCUT2D eigenvalue weighted by Crippen LogP contribution is 2.24. The summed E-state index contributed by atoms with van der Waals surface area (Å²) in [6.45, 7) is 1.22. The van der Waals surface area contributed by atoms with Crippen molar-refractivity contribution < 1.29 is 24.4 Å². The summed E-state index contributed by atoms with van der Waals surface area (Å²) in [6.07, 6.45) is -2.49. The summed E-state index contributed by atoms with van der Waals surface area (Å²) in [5, 5.41) is 19.4. The molecular formula is C20H24O5. The first-order valence-corrected chi connectivity index (χ1v) is 8.51. The van der Waals surface area contributed by atoms with Gasteiger partial charge in [-0.15, -0.1) is 0 Å². The van der Waals surface area contributed by atoms with Crippen LogP contribution in [-0.2, 0) is 27.4 Å². The zero-order valence-corrected chi connectivity index (χ0v) is 14.0. The number of ether oxygens (including phenoxy) is 3. The quantitative estimate of drug-likeness (QED) is 0.769. The first-order chi connectivity index (χ1) is 12.2. The largest absolute Gasteiger partial charge is 0.388 e. The molecule has 3 rings (SSSR count). The molecule has 0 aliphatic carbocycles. The van der Waals surface area contributed by atoms with E-state index in [0.29, 0.717) is 26.2 Å². The lowest BCUT2D eigenvalue weighted by Crippen LogP contribution is -2.33. The zero-order chi connectivity index (χ0) is 17.5. The second-order valence-corrected chi connectivity index (χ2v) is 6.20. The molecule has 5 heteroatoms. The van der Waals surface area contributed by atoms with Crippen LogP contribution in [0.2, 0.25) is 0 Å². The van der Waals surface area contributed by atoms with E-state index in [2.05, 4.69) is 0 Å². The van der Waals surface area contributed by atoms with Gasteiger partial charge in [0.25, 0.3) is 0 Å². The predicted octanol–water partition coefficient (Wildman–Crippen LogP) is 2.26. The van der Waals surface area contributed by atoms with Crippen molar-refractivity contribution in [2.75, 3.05) is 6.61 Å². The molecule has 4 atom stereocenters. The summed E-state index contributed by atoms with van der Waals surface area (Å²) in [5.41, 5.74) is 2.13. The van der Waals surface area contributed by atoms with Crippen LogP contribution in [0.15, 0.2) is 60.7 Å². The number of aliphatic hydroxyl groups excluding tert-OH is 2. The van der Waals surface area contributed by atoms with Gasteiger partial charge in [0.2, 0.25) is 0 Å². The van der Waals surface area contributed by atoms with Crippen molar-refractivity contribution in [1.82, 2.24) is 0 Å². The van der Waals surface area contributed by atoms with Gasteiger partial charge < -0.3 is 24.4 Å². The molecule has 1 heterocycles. The number of rotatable bonds is 8. The average molecular weight is 344 g/mol. The van der Waals surface area contributed by atoms with Gasteiger partial charge >= 0.3 is 0 Å². The van der Waals surface area contributed by atoms with E-state index in [1.165, 1.54) is 0 Å². The highest BCUT2D eigenvalue weighted by Gasteiger charge is 2.37. The Hall–Kier alpha value is -1.76. The van der Waals surface area contributed by atoms with Crippen LogP contribution in [0.25, 0.3) is 0 Å². The summed E-state index contributed by atoms with van der Waals surface area (Å²) >= 11 is 0. The Labute approximate surface area is 147 Å². The molecule has 2 aromatic carbocycles. The van der Waals surface area contributed by atoms with E-state index >= 15 is 0 Å². The zero-order valence-electron chi connectivity index (χ0n) is 14.0. The van der Waals surface area contributed by atoms with Gasteiger partial charge in [0.15, 0.2) is 6.29 Å². The van der Waals surface area contributed by atoms with Gasteiger partial charge in [0.05, 0.1) is 25.9 Å². The van der Waals surface area contributed by atoms with Crippen molar-refractivity contribution in [2.24, 2.45) is 0 Å². The highest BCUT2D eigenvalue weighted by molar-refractivity contribution is 5.14. The normalized spacial score (nSPS) is 24.3. The lowest BCUT2D eigenvalue weighted by molar-refractivity contribution is -0.165. The topological polar surface area (TPSA) is 68.2 Å². The minimum atomic E-state index is -1.16. The molecule has 0 aromatic heterocycles. The summed E-state index contributed by atoms with van der Waals surface area (Å²) in [4.78, 5) is 0. The van der Waals surface area contributed by atoms with Crippen molar-refractivity contribution in [1.29, 1.82) is 0 Å². The van der Waals surface area contributed by atoms with Crippen molar-refractivity contribution >= 4 is 0 Å². The first-order valence-electron chi connectivity index (χ1n) is 8.51. The van der Waals surface area contributed by atoms with Gasteiger partial charge in [-0.25, -0.2) is 0 Å². The molecule has 0 unspecified atom stereocenters. The van der Waals surface area contributed by atoms with Crippen LogP contribution >= 0.6 is 0 Å². The van der Waals surface area contributed by atoms with Crippen molar-refractivity contribution in [2.45, 2.75) is 44.2 Å². The Kier molecular flexibility index (Phi) is 6.55. The fourth-order valence-corrected chi connectivity index (χ4v) is 2.83. The Balaban J connectivity index is 1.56. The maximum absolute atomic E-state index is 9.73. The third-order valence-electron chi connectivity index (χ3n) is 4.23. The third kappa shape index (κ3) is 5.36. The smallest absolute Gasteiger partial charge is 0.181 e. The van der Waals surface area contributed by atoms with Crippen LogP contribution in [0.3, 0.4) is 0 Å². The summed E-state index contributed by atoms with van der Waals surface area (Å²) in [7, 11) is 0. The Bertz CT molecular complexity index is 608. The maximum atomic E-state index is 9.73. The van der Waals surface area contributed by atoms with Crippen LogP contribution in [0, 0.1) is 0 Å². The van der Waals surface area contributed by atoms with Gasteiger partial charge in [0, 0.05) is 6.42 Å². The van der Waals surface area contributed by atoms with Gasteiger partial charge in [-0.2, -0.15) is 0 Å². The number of hydrogen-bond donors (Lipinski definition) is 2. The molecule has 2 N–H and O–H groups in total. The number of hydrogen-bond acceptors (Lipinski definition) is 5. The molecule has 0 spiro atoms. The second kappa shape index (κ2) is 9.08. The van der Waals surface area contributed by atoms with Gasteiger partial charge in [-0.3, -0.25) is 0 Å². The molecule has 1 saturated heterocycles. The standard InChI is InChI=1S/C20H24O5/c21-17-11-18(25-20(17)22)19(24-13-16-9-5-2-6-10-16)14-23-12-15-7-3-1-4-8-15/h1-10,17-22H,11-14H2/t17-,18+,19-,20+/m1/s1. The SMILES string of the molecule is O[C@@H]1C[C@@H]([C@@H](COCc2ccccc2)OCc2ccccc2)O[C@@H]1O. The molecule has 134 valence electrons. The van der Waals surface area contributed by atoms with E-state index < -0.39 is 18.5 Å². The van der Waals surface area contributed by atoms with Gasteiger partial charge in [-0.1, -0.05) is 60.7 Å². The lowest BCUT2D eigenvalue weighted by Gasteiger charge is -2.23. The summed E-state index contributed by atoms with van der Waals surface area (Å²) < 4.78 is 17.2. The van der Waals surface area contributed by atoms with Gasteiger partial charge in [-0.05, 0) is 11.1 Å². The summed E-state index contributed by atoms with van der Waals surface area (Å²) in [6, 6.07) is 19.7. The Morgan fingerprint density at radius 3 is 2.08 bits per heavy atom. The van der Waals surface area contributed by atoms with E-state index in [4.69, 9.17) is 14.2 Å². The Morgan fingerprint density at radius 2 is 1.52 bits per heavy atom. The molecule has 0 radical (unpaired) electrons. The molecule has 5 nitrogen and oxygen atoms in total. The second-order valence-electron chi connectivity index (χ2n) is 6.20. The van der Waals surface area contributed by atoms with Crippen molar-refractivity contribution in [3.05, 3.63) is 71.8 Å². The van der Waals surface area contributed by atoms with Crippen LogP contribution in [0.1, 0.15) is 17.5 Å². The predicted molar refractivity (Wildman–Crippen MR) is 92.6 cm³/mol. The van der Waals surface area contributed by atoms with Crippen molar-refractivity contribution in [3.8, 4) is 0 Å². The highest BCUT2D eigenvalue weighted by atomic mass is 16.6. The van der Waals surface area contributed by atoms with Crippen LogP contribution in [-0.4, -0.2) is 41.4 Å². The van der Waals surface area contributed by atoms with Crippen molar-refractivity contribution in [3.63, 3.8) is 0 Å². The van der Waals surface area contributed by atoms with E-state index in [1.807, 2.05) is 60.7 Å². The molecule has 0 saturated carbocycles. The third-order valence-corrected chi connectivity index (χ3v) is 4.23.